The van der Waals surface area contributed by atoms with Gasteiger partial charge >= 0.3 is 0 Å². The van der Waals surface area contributed by atoms with Crippen molar-refractivity contribution in [3.05, 3.63) is 18.2 Å². The fourth-order valence-corrected chi connectivity index (χ4v) is 2.05. The summed E-state index contributed by atoms with van der Waals surface area (Å²) in [6, 6.07) is 4.09. The van der Waals surface area contributed by atoms with E-state index < -0.39 is 30.8 Å². The van der Waals surface area contributed by atoms with Gasteiger partial charge in [-0.15, -0.1) is 0 Å². The maximum Gasteiger partial charge on any atom is 0.262 e. The van der Waals surface area contributed by atoms with Crippen molar-refractivity contribution in [2.75, 3.05) is 11.9 Å². The molecule has 3 rings (SSSR count). The zero-order valence-corrected chi connectivity index (χ0v) is 9.78. The topological polar surface area (TPSA) is 82.7 Å². The van der Waals surface area contributed by atoms with Crippen LogP contribution in [0.2, 0.25) is 0 Å². The number of aromatic nitrogens is 3. The number of aromatic amines is 1. The molecule has 0 saturated carbocycles. The number of anilines is 1. The van der Waals surface area contributed by atoms with Gasteiger partial charge in [-0.1, -0.05) is 0 Å². The van der Waals surface area contributed by atoms with E-state index in [0.29, 0.717) is 16.7 Å². The smallest absolute Gasteiger partial charge is 0.262 e. The second kappa shape index (κ2) is 4.23. The lowest BCUT2D eigenvalue weighted by molar-refractivity contribution is -0.118. The maximum atomic E-state index is 13.0. The van der Waals surface area contributed by atoms with Crippen LogP contribution in [0.5, 0.6) is 0 Å². The van der Waals surface area contributed by atoms with Crippen molar-refractivity contribution in [2.45, 2.75) is 18.4 Å². The minimum atomic E-state index is -2.82. The molecule has 1 fully saturated rings. The Morgan fingerprint density at radius 1 is 1.37 bits per heavy atom. The summed E-state index contributed by atoms with van der Waals surface area (Å²) in [5.74, 6) is -3.29. The van der Waals surface area contributed by atoms with Gasteiger partial charge in [0.15, 0.2) is 0 Å². The van der Waals surface area contributed by atoms with E-state index in [1.54, 1.807) is 18.2 Å². The van der Waals surface area contributed by atoms with Crippen LogP contribution in [0.1, 0.15) is 6.42 Å². The van der Waals surface area contributed by atoms with E-state index in [9.17, 15) is 13.6 Å². The Morgan fingerprint density at radius 3 is 2.89 bits per heavy atom. The van der Waals surface area contributed by atoms with Crippen LogP contribution in [0.4, 0.5) is 14.5 Å². The summed E-state index contributed by atoms with van der Waals surface area (Å²) in [4.78, 5) is 11.8. The zero-order valence-electron chi connectivity index (χ0n) is 9.78. The first-order valence-corrected chi connectivity index (χ1v) is 5.76. The average molecular weight is 267 g/mol. The summed E-state index contributed by atoms with van der Waals surface area (Å²) in [7, 11) is 0. The van der Waals surface area contributed by atoms with Crippen molar-refractivity contribution >= 4 is 22.6 Å². The number of fused-ring (bicyclic) bond motifs is 1. The van der Waals surface area contributed by atoms with Crippen LogP contribution in [0.3, 0.4) is 0 Å². The molecule has 1 aromatic carbocycles. The molecule has 1 amide bonds. The van der Waals surface area contributed by atoms with Gasteiger partial charge in [0.25, 0.3) is 5.92 Å². The van der Waals surface area contributed by atoms with Crippen molar-refractivity contribution in [1.82, 2.24) is 20.7 Å². The van der Waals surface area contributed by atoms with E-state index in [2.05, 4.69) is 26.0 Å². The Hall–Kier alpha value is -2.09. The number of nitrogens with one attached hydrogen (secondary N) is 3. The Bertz CT molecular complexity index is 626. The third-order valence-electron chi connectivity index (χ3n) is 3.01. The second-order valence-electron chi connectivity index (χ2n) is 4.51. The number of carbonyl (C=O) groups excluding carboxylic acids is 1. The number of alkyl halides is 2. The fraction of sp³-hybridized carbons (Fsp3) is 0.364. The van der Waals surface area contributed by atoms with Crippen LogP contribution in [0.25, 0.3) is 11.0 Å². The van der Waals surface area contributed by atoms with Gasteiger partial charge in [0.05, 0.1) is 12.6 Å². The predicted octanol–water partition coefficient (Wildman–Crippen LogP) is 0.894. The molecule has 1 atom stereocenters. The van der Waals surface area contributed by atoms with Gasteiger partial charge < -0.3 is 5.32 Å². The van der Waals surface area contributed by atoms with Crippen LogP contribution in [-0.4, -0.2) is 39.8 Å². The van der Waals surface area contributed by atoms with E-state index in [-0.39, 0.29) is 0 Å². The van der Waals surface area contributed by atoms with Crippen molar-refractivity contribution < 1.29 is 13.6 Å². The molecule has 2 aromatic rings. The summed E-state index contributed by atoms with van der Waals surface area (Å²) in [5, 5.41) is 15.3. The molecular weight excluding hydrogens is 256 g/mol. The molecule has 100 valence electrons. The number of H-pyrrole nitrogens is 1. The number of benzene rings is 1. The van der Waals surface area contributed by atoms with Crippen LogP contribution in [0.15, 0.2) is 18.2 Å². The van der Waals surface area contributed by atoms with Crippen molar-refractivity contribution in [3.63, 3.8) is 0 Å². The van der Waals surface area contributed by atoms with Crippen molar-refractivity contribution in [3.8, 4) is 0 Å². The molecule has 1 saturated heterocycles. The number of hydrogen-bond acceptors (Lipinski definition) is 4. The summed E-state index contributed by atoms with van der Waals surface area (Å²) < 4.78 is 26.0. The molecule has 1 aliphatic heterocycles. The quantitative estimate of drug-likeness (QED) is 0.754. The zero-order chi connectivity index (χ0) is 13.5. The minimum Gasteiger partial charge on any atom is -0.325 e. The number of rotatable bonds is 2. The van der Waals surface area contributed by atoms with Gasteiger partial charge in [-0.05, 0) is 18.2 Å². The maximum absolute atomic E-state index is 13.0. The number of nitrogens with zero attached hydrogens (tertiary/aromatic N) is 2. The predicted molar refractivity (Wildman–Crippen MR) is 63.9 cm³/mol. The molecule has 3 N–H and O–H groups in total. The highest BCUT2D eigenvalue weighted by Gasteiger charge is 2.42. The van der Waals surface area contributed by atoms with Crippen LogP contribution in [0, 0.1) is 0 Å². The molecule has 2 heterocycles. The van der Waals surface area contributed by atoms with E-state index >= 15 is 0 Å². The molecule has 6 nitrogen and oxygen atoms in total. The summed E-state index contributed by atoms with van der Waals surface area (Å²) in [6.45, 7) is -0.465. The molecular formula is C11H11F2N5O. The lowest BCUT2D eigenvalue weighted by atomic mass is 10.2. The van der Waals surface area contributed by atoms with Gasteiger partial charge in [-0.25, -0.2) is 8.78 Å². The molecule has 1 aromatic heterocycles. The normalized spacial score (nSPS) is 21.7. The second-order valence-corrected chi connectivity index (χ2v) is 4.51. The van der Waals surface area contributed by atoms with Crippen molar-refractivity contribution in [2.24, 2.45) is 0 Å². The van der Waals surface area contributed by atoms with Gasteiger partial charge in [0.2, 0.25) is 5.91 Å². The van der Waals surface area contributed by atoms with E-state index in [0.717, 1.165) is 0 Å². The standard InChI is InChI=1S/C11H11F2N5O/c12-11(13)4-9(14-5-11)10(19)15-6-1-2-7-8(3-6)17-18-16-7/h1-3,9,14H,4-5H2,(H,15,19)(H,16,17,18). The molecule has 0 bridgehead atoms. The molecule has 0 spiro atoms. The first-order valence-electron chi connectivity index (χ1n) is 5.76. The van der Waals surface area contributed by atoms with Gasteiger partial charge in [0, 0.05) is 12.1 Å². The molecule has 0 radical (unpaired) electrons. The minimum absolute atomic E-state index is 0.465. The Labute approximate surface area is 106 Å². The summed E-state index contributed by atoms with van der Waals surface area (Å²) >= 11 is 0. The van der Waals surface area contributed by atoms with Gasteiger partial charge in [-0.2, -0.15) is 15.4 Å². The molecule has 8 heteroatoms. The lowest BCUT2D eigenvalue weighted by Crippen LogP contribution is -2.35. The Balaban J connectivity index is 1.72. The number of halogens is 2. The molecule has 1 aliphatic rings. The highest BCUT2D eigenvalue weighted by Crippen LogP contribution is 2.26. The molecule has 19 heavy (non-hydrogen) atoms. The highest BCUT2D eigenvalue weighted by molar-refractivity contribution is 5.96. The Kier molecular flexibility index (Phi) is 2.67. The largest absolute Gasteiger partial charge is 0.325 e. The first-order chi connectivity index (χ1) is 9.03. The third kappa shape index (κ3) is 2.39. The third-order valence-corrected chi connectivity index (χ3v) is 3.01. The van der Waals surface area contributed by atoms with E-state index in [4.69, 9.17) is 0 Å². The summed E-state index contributed by atoms with van der Waals surface area (Å²) in [6.07, 6.45) is -0.481. The van der Waals surface area contributed by atoms with Crippen LogP contribution >= 0.6 is 0 Å². The monoisotopic (exact) mass is 267 g/mol. The van der Waals surface area contributed by atoms with Gasteiger partial charge in [0.1, 0.15) is 11.0 Å². The lowest BCUT2D eigenvalue weighted by Gasteiger charge is -2.11. The molecule has 0 aliphatic carbocycles. The van der Waals surface area contributed by atoms with Gasteiger partial charge in [-0.3, -0.25) is 10.1 Å². The number of amides is 1. The SMILES string of the molecule is O=C(Nc1ccc2n[nH]nc2c1)C1CC(F)(F)CN1. The first kappa shape index (κ1) is 12.0. The highest BCUT2D eigenvalue weighted by atomic mass is 19.3. The Morgan fingerprint density at radius 2 is 2.16 bits per heavy atom. The molecule has 1 unspecified atom stereocenters. The van der Waals surface area contributed by atoms with E-state index in [1.807, 2.05) is 0 Å². The van der Waals surface area contributed by atoms with Crippen molar-refractivity contribution in [1.29, 1.82) is 0 Å². The van der Waals surface area contributed by atoms with E-state index in [1.165, 1.54) is 0 Å². The van der Waals surface area contributed by atoms with Crippen LogP contribution < -0.4 is 10.6 Å². The average Bonchev–Trinajstić information content (AvgIpc) is 2.94. The number of hydrogen-bond donors (Lipinski definition) is 3. The number of carbonyl (C=O) groups is 1. The fourth-order valence-electron chi connectivity index (χ4n) is 2.05. The van der Waals surface area contributed by atoms with Crippen LogP contribution in [-0.2, 0) is 4.79 Å². The summed E-state index contributed by atoms with van der Waals surface area (Å²) in [5.41, 5.74) is 1.77.